The Labute approximate surface area is 432 Å². The molecule has 14 nitrogen and oxygen atoms in total. The highest BCUT2D eigenvalue weighted by Crippen LogP contribution is 2.57. The molecule has 10 rings (SSSR count). The summed E-state index contributed by atoms with van der Waals surface area (Å²) >= 11 is 6.76. The largest absolute Gasteiger partial charge is 0.494 e. The van der Waals surface area contributed by atoms with Crippen LogP contribution in [-0.4, -0.2) is 109 Å². The number of hydrogen-bond acceptors (Lipinski definition) is 9. The highest BCUT2D eigenvalue weighted by molar-refractivity contribution is 6.34. The van der Waals surface area contributed by atoms with Crippen molar-refractivity contribution < 1.29 is 46.2 Å². The molecule has 1 aromatic heterocycles. The molecule has 5 aromatic rings. The molecule has 0 spiro atoms. The zero-order valence-electron chi connectivity index (χ0n) is 42.0. The number of rotatable bonds is 12. The van der Waals surface area contributed by atoms with Crippen LogP contribution in [0.1, 0.15) is 104 Å². The van der Waals surface area contributed by atoms with Crippen LogP contribution >= 0.6 is 11.6 Å². The van der Waals surface area contributed by atoms with Crippen LogP contribution in [0.25, 0.3) is 22.0 Å². The molecule has 3 saturated heterocycles. The average molecular weight is 1040 g/mol. The van der Waals surface area contributed by atoms with Gasteiger partial charge in [-0.05, 0) is 100 Å². The van der Waals surface area contributed by atoms with E-state index in [2.05, 4.69) is 25.9 Å². The van der Waals surface area contributed by atoms with Crippen LogP contribution in [0.15, 0.2) is 54.6 Å². The highest BCUT2D eigenvalue weighted by atomic mass is 35.5. The lowest BCUT2D eigenvalue weighted by Gasteiger charge is -2.40. The standard InChI is InChI=1S/C55H61ClF4N8O6/c1-30-43-41(27-39(58)47(56)46(43)45-36(52(70)61-2)14-15-40(73-4)48(45)59)74-55(30,34-8-6-5-7-9-34)29-62-35-12-10-33(11-13-35)53(71)67-23-16-31(17-24-67)28-66-21-18-32(19-22-66)44-38(57)26-37-50(49(44)60)65(3)64-51(37)68-25-20-42(69)63-54(68)72/h5-9,14-15,26-27,30-33,35,62H,10-13,16-25,28-29H2,1-4H3,(H,61,70)(H,63,69,72). The number of carbonyl (C=O) groups excluding carboxylic acids is 4. The number of fused-ring (bicyclic) bond motifs is 2. The van der Waals surface area contributed by atoms with E-state index < -0.39 is 52.6 Å². The number of nitrogens with one attached hydrogen (secondary N) is 3. The second-order valence-corrected chi connectivity index (χ2v) is 21.0. The molecule has 1 aliphatic carbocycles. The van der Waals surface area contributed by atoms with Gasteiger partial charge in [0.25, 0.3) is 5.91 Å². The van der Waals surface area contributed by atoms with Crippen LogP contribution in [0.2, 0.25) is 5.02 Å². The molecule has 5 amide bonds. The minimum atomic E-state index is -1.08. The molecule has 4 aliphatic heterocycles. The van der Waals surface area contributed by atoms with Gasteiger partial charge >= 0.3 is 6.03 Å². The van der Waals surface area contributed by atoms with Crippen molar-refractivity contribution >= 4 is 52.1 Å². The fourth-order valence-electron chi connectivity index (χ4n) is 12.4. The third-order valence-electron chi connectivity index (χ3n) is 16.5. The summed E-state index contributed by atoms with van der Waals surface area (Å²) < 4.78 is 77.8. The number of carbonyl (C=O) groups is 4. The summed E-state index contributed by atoms with van der Waals surface area (Å²) in [5, 5.41) is 12.7. The van der Waals surface area contributed by atoms with Crippen molar-refractivity contribution in [3.05, 3.63) is 105 Å². The maximum absolute atomic E-state index is 16.4. The maximum Gasteiger partial charge on any atom is 0.329 e. The van der Waals surface area contributed by atoms with Crippen LogP contribution < -0.4 is 30.3 Å². The number of nitrogens with zero attached hydrogens (tertiary/aromatic N) is 5. The van der Waals surface area contributed by atoms with Gasteiger partial charge in [0, 0.05) is 99.4 Å². The van der Waals surface area contributed by atoms with E-state index in [0.717, 1.165) is 50.6 Å². The van der Waals surface area contributed by atoms with Gasteiger partial charge in [-0.25, -0.2) is 22.4 Å². The summed E-state index contributed by atoms with van der Waals surface area (Å²) in [6.45, 7) is 5.93. The fraction of sp³-hybridized carbons (Fsp3) is 0.473. The summed E-state index contributed by atoms with van der Waals surface area (Å²) in [6, 6.07) is 14.3. The van der Waals surface area contributed by atoms with Crippen molar-refractivity contribution in [2.24, 2.45) is 18.9 Å². The van der Waals surface area contributed by atoms with E-state index >= 15 is 17.6 Å². The number of amides is 5. The van der Waals surface area contributed by atoms with E-state index in [9.17, 15) is 19.2 Å². The Hall–Kier alpha value is -6.24. The first-order valence-corrected chi connectivity index (χ1v) is 26.1. The van der Waals surface area contributed by atoms with Gasteiger partial charge in [0.15, 0.2) is 28.8 Å². The minimum Gasteiger partial charge on any atom is -0.494 e. The number of anilines is 1. The first-order valence-electron chi connectivity index (χ1n) is 25.7. The third kappa shape index (κ3) is 9.24. The molecule has 74 heavy (non-hydrogen) atoms. The smallest absolute Gasteiger partial charge is 0.329 e. The van der Waals surface area contributed by atoms with Crippen molar-refractivity contribution in [1.82, 2.24) is 35.5 Å². The van der Waals surface area contributed by atoms with Gasteiger partial charge in [-0.1, -0.05) is 48.9 Å². The van der Waals surface area contributed by atoms with Crippen LogP contribution in [0, 0.1) is 35.1 Å². The van der Waals surface area contributed by atoms with Gasteiger partial charge in [-0.15, -0.1) is 0 Å². The number of imide groups is 1. The highest BCUT2D eigenvalue weighted by Gasteiger charge is 2.50. The quantitative estimate of drug-likeness (QED) is 0.104. The monoisotopic (exact) mass is 1040 g/mol. The van der Waals surface area contributed by atoms with Crippen LogP contribution in [0.4, 0.5) is 28.2 Å². The van der Waals surface area contributed by atoms with Crippen molar-refractivity contribution in [3.63, 3.8) is 0 Å². The predicted molar refractivity (Wildman–Crippen MR) is 272 cm³/mol. The SMILES string of the molecule is CNC(=O)c1ccc(OC)c(F)c1-c1c(Cl)c(F)cc2c1C(C)C(CNC1CCC(C(=O)N3CCC(CN4CCC(c5c(F)cc6c(N7CCC(=O)NC7=O)nn(C)c6c5F)CC4)CC3)CC1)(c1ccccc1)O2. The van der Waals surface area contributed by atoms with Crippen molar-refractivity contribution in [2.45, 2.75) is 88.2 Å². The van der Waals surface area contributed by atoms with E-state index in [1.807, 2.05) is 42.2 Å². The van der Waals surface area contributed by atoms with Gasteiger partial charge in [-0.2, -0.15) is 5.10 Å². The molecular weight excluding hydrogens is 980 g/mol. The topological polar surface area (TPSA) is 150 Å². The second kappa shape index (κ2) is 20.8. The lowest BCUT2D eigenvalue weighted by molar-refractivity contribution is -0.138. The van der Waals surface area contributed by atoms with E-state index in [0.29, 0.717) is 57.0 Å². The minimum absolute atomic E-state index is 0.0296. The van der Waals surface area contributed by atoms with Crippen molar-refractivity contribution in [3.8, 4) is 22.6 Å². The van der Waals surface area contributed by atoms with Crippen molar-refractivity contribution in [2.75, 3.05) is 64.9 Å². The van der Waals surface area contributed by atoms with Gasteiger partial charge < -0.3 is 29.9 Å². The molecular formula is C55H61ClF4N8O6. The Balaban J connectivity index is 0.738. The summed E-state index contributed by atoms with van der Waals surface area (Å²) in [6.07, 6.45) is 5.96. The number of methoxy groups -OCH3 is 1. The van der Waals surface area contributed by atoms with E-state index in [1.165, 1.54) is 48.0 Å². The Morgan fingerprint density at radius 3 is 2.27 bits per heavy atom. The Kier molecular flexibility index (Phi) is 14.4. The van der Waals surface area contributed by atoms with Crippen LogP contribution in [0.5, 0.6) is 11.5 Å². The molecule has 2 unspecified atom stereocenters. The van der Waals surface area contributed by atoms with Gasteiger partial charge in [-0.3, -0.25) is 29.3 Å². The molecule has 392 valence electrons. The summed E-state index contributed by atoms with van der Waals surface area (Å²) in [4.78, 5) is 57.1. The molecule has 0 bridgehead atoms. The molecule has 5 aliphatic rings. The molecule has 3 N–H and O–H groups in total. The number of aryl methyl sites for hydroxylation is 1. The van der Waals surface area contributed by atoms with Gasteiger partial charge in [0.2, 0.25) is 11.8 Å². The number of ether oxygens (including phenoxy) is 2. The molecule has 1 saturated carbocycles. The molecule has 5 heterocycles. The number of benzene rings is 4. The maximum atomic E-state index is 16.4. The first-order chi connectivity index (χ1) is 35.6. The summed E-state index contributed by atoms with van der Waals surface area (Å²) in [5.41, 5.74) is 0.185. The van der Waals surface area contributed by atoms with E-state index in [1.54, 1.807) is 7.05 Å². The second-order valence-electron chi connectivity index (χ2n) is 20.6. The zero-order valence-corrected chi connectivity index (χ0v) is 42.7. The Bertz CT molecular complexity index is 3010. The lowest BCUT2D eigenvalue weighted by atomic mass is 9.77. The van der Waals surface area contributed by atoms with E-state index in [-0.39, 0.29) is 92.2 Å². The number of hydrogen-bond donors (Lipinski definition) is 3. The van der Waals surface area contributed by atoms with Gasteiger partial charge in [0.1, 0.15) is 22.9 Å². The summed E-state index contributed by atoms with van der Waals surface area (Å²) in [7, 11) is 4.30. The number of piperidine rings is 2. The third-order valence-corrected chi connectivity index (χ3v) is 16.8. The fourth-order valence-corrected chi connectivity index (χ4v) is 12.6. The zero-order chi connectivity index (χ0) is 52.2. The molecule has 4 aromatic carbocycles. The van der Waals surface area contributed by atoms with Crippen LogP contribution in [0.3, 0.4) is 0 Å². The normalized spacial score (nSPS) is 23.0. The lowest BCUT2D eigenvalue weighted by Crippen LogP contribution is -2.49. The van der Waals surface area contributed by atoms with E-state index in [4.69, 9.17) is 21.1 Å². The molecule has 19 heteroatoms. The number of halogens is 5. The average Bonchev–Trinajstić information content (AvgIpc) is 3.88. The predicted octanol–water partition coefficient (Wildman–Crippen LogP) is 8.92. The Morgan fingerprint density at radius 2 is 1.59 bits per heavy atom. The number of aromatic nitrogens is 2. The van der Waals surface area contributed by atoms with Crippen LogP contribution in [-0.2, 0) is 22.2 Å². The molecule has 4 fully saturated rings. The molecule has 0 radical (unpaired) electrons. The number of likely N-dealkylation sites (tertiary alicyclic amines) is 2. The molecule has 2 atom stereocenters. The Morgan fingerprint density at radius 1 is 0.878 bits per heavy atom. The number of urea groups is 1. The summed E-state index contributed by atoms with van der Waals surface area (Å²) in [5.74, 6) is -4.16. The van der Waals surface area contributed by atoms with Crippen molar-refractivity contribution in [1.29, 1.82) is 0 Å². The van der Waals surface area contributed by atoms with Gasteiger partial charge in [0.05, 0.1) is 23.1 Å². The first kappa shape index (κ1) is 51.3.